The quantitative estimate of drug-likeness (QED) is 0.458. The highest BCUT2D eigenvalue weighted by Gasteiger charge is 2.14. The summed E-state index contributed by atoms with van der Waals surface area (Å²) in [6.07, 6.45) is 0. The number of nitrogens with one attached hydrogen (secondary N) is 3. The fourth-order valence-electron chi connectivity index (χ4n) is 2.62. The van der Waals surface area contributed by atoms with Crippen LogP contribution >= 0.6 is 11.6 Å². The van der Waals surface area contributed by atoms with Crippen molar-refractivity contribution in [3.8, 4) is 5.75 Å². The Morgan fingerprint density at radius 1 is 0.848 bits per heavy atom. The minimum Gasteiger partial charge on any atom is -0.489 e. The molecule has 0 aliphatic rings. The smallest absolute Gasteiger partial charge is 0.269 e. The van der Waals surface area contributed by atoms with Crippen LogP contribution in [0.25, 0.3) is 0 Å². The number of halogens is 3. The fourth-order valence-corrected chi connectivity index (χ4v) is 2.75. The van der Waals surface area contributed by atoms with Gasteiger partial charge >= 0.3 is 0 Å². The molecule has 0 saturated carbocycles. The van der Waals surface area contributed by atoms with Crippen molar-refractivity contribution >= 4 is 29.3 Å². The molecule has 0 aliphatic heterocycles. The average Bonchev–Trinajstić information content (AvgIpc) is 2.81. The molecule has 0 spiro atoms. The summed E-state index contributed by atoms with van der Waals surface area (Å²) in [5.41, 5.74) is 5.03. The van der Waals surface area contributed by atoms with E-state index in [9.17, 15) is 23.2 Å². The molecule has 3 N–H and O–H groups in total. The Balaban J connectivity index is 1.42. The van der Waals surface area contributed by atoms with Crippen LogP contribution in [0.1, 0.15) is 26.3 Å². The van der Waals surface area contributed by atoms with E-state index in [1.54, 1.807) is 48.5 Å². The Bertz CT molecular complexity index is 1160. The van der Waals surface area contributed by atoms with Gasteiger partial charge in [0.2, 0.25) is 0 Å². The predicted molar refractivity (Wildman–Crippen MR) is 117 cm³/mol. The molecule has 0 unspecified atom stereocenters. The monoisotopic (exact) mass is 473 g/mol. The minimum atomic E-state index is -1.05. The highest BCUT2D eigenvalue weighted by atomic mass is 35.5. The molecule has 0 atom stereocenters. The molecular formula is C23H18ClF2N3O4. The van der Waals surface area contributed by atoms with Gasteiger partial charge in [-0.2, -0.15) is 0 Å². The maximum atomic E-state index is 13.6. The van der Waals surface area contributed by atoms with Crippen LogP contribution in [-0.4, -0.2) is 24.3 Å². The number of carbonyl (C=O) groups excluding carboxylic acids is 3. The predicted octanol–water partition coefficient (Wildman–Crippen LogP) is 3.39. The molecule has 0 aliphatic carbocycles. The highest BCUT2D eigenvalue weighted by Crippen LogP contribution is 2.17. The molecule has 0 aromatic heterocycles. The Kier molecular flexibility index (Phi) is 7.93. The third-order valence-electron chi connectivity index (χ3n) is 4.34. The Morgan fingerprint density at radius 3 is 2.21 bits per heavy atom. The maximum absolute atomic E-state index is 13.6. The topological polar surface area (TPSA) is 96.5 Å². The molecule has 170 valence electrons. The first-order valence-electron chi connectivity index (χ1n) is 9.61. The van der Waals surface area contributed by atoms with Crippen LogP contribution in [0.2, 0.25) is 5.02 Å². The number of benzene rings is 3. The molecular weight excluding hydrogens is 456 g/mol. The largest absolute Gasteiger partial charge is 0.489 e. The third kappa shape index (κ3) is 7.01. The molecule has 0 bridgehead atoms. The lowest BCUT2D eigenvalue weighted by molar-refractivity contribution is -0.120. The van der Waals surface area contributed by atoms with Gasteiger partial charge in [-0.3, -0.25) is 25.2 Å². The molecule has 3 aromatic rings. The summed E-state index contributed by atoms with van der Waals surface area (Å²) in [5, 5.41) is 2.78. The van der Waals surface area contributed by atoms with E-state index in [1.165, 1.54) is 0 Å². The number of hydrazine groups is 1. The van der Waals surface area contributed by atoms with Gasteiger partial charge in [0.15, 0.2) is 0 Å². The van der Waals surface area contributed by atoms with E-state index in [0.717, 1.165) is 17.7 Å². The molecule has 3 rings (SSSR count). The van der Waals surface area contributed by atoms with Crippen molar-refractivity contribution in [2.24, 2.45) is 0 Å². The summed E-state index contributed by atoms with van der Waals surface area (Å²) < 4.78 is 32.1. The number of carbonyl (C=O) groups is 3. The number of rotatable bonds is 7. The van der Waals surface area contributed by atoms with Gasteiger partial charge in [-0.1, -0.05) is 23.7 Å². The molecule has 0 saturated heterocycles. The van der Waals surface area contributed by atoms with E-state index in [1.807, 2.05) is 0 Å². The van der Waals surface area contributed by atoms with E-state index in [0.29, 0.717) is 16.8 Å². The van der Waals surface area contributed by atoms with E-state index in [4.69, 9.17) is 16.3 Å². The fraction of sp³-hybridized carbons (Fsp3) is 0.0870. The normalized spacial score (nSPS) is 10.3. The first-order valence-corrected chi connectivity index (χ1v) is 9.99. The first kappa shape index (κ1) is 23.7. The molecule has 0 fully saturated rings. The number of hydrogen-bond donors (Lipinski definition) is 3. The van der Waals surface area contributed by atoms with E-state index in [2.05, 4.69) is 16.2 Å². The van der Waals surface area contributed by atoms with Crippen molar-refractivity contribution in [1.82, 2.24) is 16.2 Å². The second kappa shape index (κ2) is 11.1. The third-order valence-corrected chi connectivity index (χ3v) is 4.59. The van der Waals surface area contributed by atoms with Crippen molar-refractivity contribution < 1.29 is 27.9 Å². The van der Waals surface area contributed by atoms with Gasteiger partial charge in [0.05, 0.1) is 12.1 Å². The van der Waals surface area contributed by atoms with Gasteiger partial charge < -0.3 is 10.1 Å². The number of hydrogen-bond acceptors (Lipinski definition) is 4. The van der Waals surface area contributed by atoms with Gasteiger partial charge in [-0.15, -0.1) is 0 Å². The number of ether oxygens (including phenoxy) is 1. The second-order valence-corrected chi connectivity index (χ2v) is 7.19. The molecule has 7 nitrogen and oxygen atoms in total. The van der Waals surface area contributed by atoms with Gasteiger partial charge in [0, 0.05) is 16.7 Å². The molecule has 0 radical (unpaired) electrons. The maximum Gasteiger partial charge on any atom is 0.269 e. The van der Waals surface area contributed by atoms with Gasteiger partial charge in [-0.25, -0.2) is 8.78 Å². The van der Waals surface area contributed by atoms with Crippen molar-refractivity contribution in [3.05, 3.63) is 100 Å². The molecule has 3 amide bonds. The van der Waals surface area contributed by atoms with Crippen LogP contribution < -0.4 is 20.9 Å². The average molecular weight is 474 g/mol. The van der Waals surface area contributed by atoms with Crippen LogP contribution in [0.5, 0.6) is 5.75 Å². The van der Waals surface area contributed by atoms with Crippen LogP contribution in [0.3, 0.4) is 0 Å². The van der Waals surface area contributed by atoms with Gasteiger partial charge in [0.25, 0.3) is 17.7 Å². The van der Waals surface area contributed by atoms with Gasteiger partial charge in [-0.05, 0) is 54.1 Å². The van der Waals surface area contributed by atoms with E-state index in [-0.39, 0.29) is 12.2 Å². The lowest BCUT2D eigenvalue weighted by Gasteiger charge is -2.10. The summed E-state index contributed by atoms with van der Waals surface area (Å²) in [6, 6.07) is 15.9. The summed E-state index contributed by atoms with van der Waals surface area (Å²) in [4.78, 5) is 35.9. The van der Waals surface area contributed by atoms with Crippen molar-refractivity contribution in [3.63, 3.8) is 0 Å². The first-order chi connectivity index (χ1) is 15.8. The molecule has 33 heavy (non-hydrogen) atoms. The van der Waals surface area contributed by atoms with Crippen LogP contribution in [-0.2, 0) is 11.4 Å². The van der Waals surface area contributed by atoms with Crippen molar-refractivity contribution in [2.45, 2.75) is 6.61 Å². The van der Waals surface area contributed by atoms with Crippen molar-refractivity contribution in [1.29, 1.82) is 0 Å². The van der Waals surface area contributed by atoms with E-state index >= 15 is 0 Å². The summed E-state index contributed by atoms with van der Waals surface area (Å²) >= 11 is 5.83. The van der Waals surface area contributed by atoms with E-state index < -0.39 is 41.5 Å². The Hall–Kier alpha value is -3.98. The number of amides is 3. The van der Waals surface area contributed by atoms with Gasteiger partial charge in [0.1, 0.15) is 24.0 Å². The second-order valence-electron chi connectivity index (χ2n) is 6.75. The van der Waals surface area contributed by atoms with Crippen LogP contribution in [0.4, 0.5) is 8.78 Å². The molecule has 10 heteroatoms. The molecule has 0 heterocycles. The standard InChI is InChI=1S/C23H18ClF2N3O4/c24-16-5-8-18(9-6-16)33-13-14-1-3-15(4-2-14)22(31)29-28-21(30)12-27-23(32)19-10-7-17(25)11-20(19)26/h1-11H,12-13H2,(H,27,32)(H,28,30)(H,29,31). The summed E-state index contributed by atoms with van der Waals surface area (Å²) in [5.74, 6) is -3.45. The van der Waals surface area contributed by atoms with Crippen molar-refractivity contribution in [2.75, 3.05) is 6.54 Å². The Labute approximate surface area is 192 Å². The summed E-state index contributed by atoms with van der Waals surface area (Å²) in [6.45, 7) is -0.245. The summed E-state index contributed by atoms with van der Waals surface area (Å²) in [7, 11) is 0. The van der Waals surface area contributed by atoms with Crippen LogP contribution in [0.15, 0.2) is 66.7 Å². The minimum absolute atomic E-state index is 0.281. The zero-order valence-corrected chi connectivity index (χ0v) is 17.8. The highest BCUT2D eigenvalue weighted by molar-refractivity contribution is 6.30. The molecule has 3 aromatic carbocycles. The zero-order valence-electron chi connectivity index (χ0n) is 17.0. The van der Waals surface area contributed by atoms with Crippen LogP contribution in [0, 0.1) is 11.6 Å². The Morgan fingerprint density at radius 2 is 1.55 bits per heavy atom. The SMILES string of the molecule is O=C(CNC(=O)c1ccc(F)cc1F)NNC(=O)c1ccc(COc2ccc(Cl)cc2)cc1. The lowest BCUT2D eigenvalue weighted by Crippen LogP contribution is -2.46. The lowest BCUT2D eigenvalue weighted by atomic mass is 10.1. The zero-order chi connectivity index (χ0) is 23.8.